The summed E-state index contributed by atoms with van der Waals surface area (Å²) in [6, 6.07) is 0.576. The maximum atomic E-state index is 13.0. The van der Waals surface area contributed by atoms with E-state index >= 15 is 0 Å². The number of nitrogens with zero attached hydrogens (tertiary/aromatic N) is 1. The van der Waals surface area contributed by atoms with Crippen LogP contribution in [0.3, 0.4) is 0 Å². The molecule has 0 unspecified atom stereocenters. The van der Waals surface area contributed by atoms with E-state index in [4.69, 9.17) is 0 Å². The Labute approximate surface area is 83.3 Å². The van der Waals surface area contributed by atoms with Crippen molar-refractivity contribution in [3.8, 4) is 0 Å². The van der Waals surface area contributed by atoms with E-state index in [1.807, 2.05) is 0 Å². The number of pyridine rings is 1. The van der Waals surface area contributed by atoms with Crippen LogP contribution in [0.2, 0.25) is 0 Å². The van der Waals surface area contributed by atoms with Crippen LogP contribution in [-0.2, 0) is 0 Å². The molecule has 0 bridgehead atoms. The summed E-state index contributed by atoms with van der Waals surface area (Å²) < 4.78 is 38.3. The van der Waals surface area contributed by atoms with Gasteiger partial charge in [-0.1, -0.05) is 0 Å². The highest BCUT2D eigenvalue weighted by Gasteiger charge is 2.26. The minimum absolute atomic E-state index is 0.00353. The van der Waals surface area contributed by atoms with E-state index in [0.717, 1.165) is 12.8 Å². The summed E-state index contributed by atoms with van der Waals surface area (Å²) in [5.74, 6) is -5.05. The van der Waals surface area contributed by atoms with Gasteiger partial charge in [-0.2, -0.15) is 13.8 Å². The fraction of sp³-hybridized carbons (Fsp3) is 0.333. The van der Waals surface area contributed by atoms with Crippen LogP contribution in [0.4, 0.5) is 13.2 Å². The highest BCUT2D eigenvalue weighted by Crippen LogP contribution is 2.20. The topological polar surface area (TPSA) is 42.0 Å². The summed E-state index contributed by atoms with van der Waals surface area (Å²) in [5, 5.41) is 2.43. The summed E-state index contributed by atoms with van der Waals surface area (Å²) in [4.78, 5) is 13.9. The van der Waals surface area contributed by atoms with Gasteiger partial charge >= 0.3 is 0 Å². The van der Waals surface area contributed by atoms with E-state index in [1.54, 1.807) is 0 Å². The predicted molar refractivity (Wildman–Crippen MR) is 44.6 cm³/mol. The van der Waals surface area contributed by atoms with Crippen molar-refractivity contribution in [3.63, 3.8) is 0 Å². The van der Waals surface area contributed by atoms with Gasteiger partial charge in [0.25, 0.3) is 11.9 Å². The van der Waals surface area contributed by atoms with E-state index in [1.165, 1.54) is 0 Å². The lowest BCUT2D eigenvalue weighted by molar-refractivity contribution is 0.0944. The van der Waals surface area contributed by atoms with Crippen LogP contribution in [0, 0.1) is 17.7 Å². The van der Waals surface area contributed by atoms with Gasteiger partial charge in [0, 0.05) is 12.1 Å². The SMILES string of the molecule is O=C(NC1CC1)c1cc(F)nc(F)c1F. The summed E-state index contributed by atoms with van der Waals surface area (Å²) in [6.45, 7) is 0. The Bertz CT molecular complexity index is 418. The average molecular weight is 216 g/mol. The molecule has 15 heavy (non-hydrogen) atoms. The number of hydrogen-bond acceptors (Lipinski definition) is 2. The predicted octanol–water partition coefficient (Wildman–Crippen LogP) is 1.39. The normalized spacial score (nSPS) is 15.1. The molecule has 1 N–H and O–H groups in total. The van der Waals surface area contributed by atoms with Crippen LogP contribution in [0.15, 0.2) is 6.07 Å². The number of carbonyl (C=O) groups is 1. The first-order chi connectivity index (χ1) is 7.08. The third-order valence-corrected chi connectivity index (χ3v) is 2.04. The van der Waals surface area contributed by atoms with Gasteiger partial charge in [0.05, 0.1) is 5.56 Å². The first-order valence-corrected chi connectivity index (χ1v) is 4.40. The van der Waals surface area contributed by atoms with E-state index < -0.39 is 29.2 Å². The molecule has 1 aromatic rings. The fourth-order valence-electron chi connectivity index (χ4n) is 1.12. The molecule has 1 aromatic heterocycles. The van der Waals surface area contributed by atoms with Crippen LogP contribution >= 0.6 is 0 Å². The van der Waals surface area contributed by atoms with Gasteiger partial charge in [-0.15, -0.1) is 0 Å². The smallest absolute Gasteiger partial charge is 0.254 e. The molecular formula is C9H7F3N2O. The fourth-order valence-corrected chi connectivity index (χ4v) is 1.12. The molecule has 0 spiro atoms. The molecule has 1 fully saturated rings. The number of amides is 1. The van der Waals surface area contributed by atoms with Crippen LogP contribution in [0.5, 0.6) is 0 Å². The number of nitrogens with one attached hydrogen (secondary N) is 1. The molecule has 0 radical (unpaired) electrons. The number of halogens is 3. The van der Waals surface area contributed by atoms with Crippen LogP contribution < -0.4 is 5.32 Å². The van der Waals surface area contributed by atoms with Crippen molar-refractivity contribution < 1.29 is 18.0 Å². The quantitative estimate of drug-likeness (QED) is 0.759. The molecule has 6 heteroatoms. The molecule has 0 aliphatic heterocycles. The van der Waals surface area contributed by atoms with E-state index in [-0.39, 0.29) is 6.04 Å². The Morgan fingerprint density at radius 2 is 2.07 bits per heavy atom. The second kappa shape index (κ2) is 3.52. The van der Waals surface area contributed by atoms with Crippen molar-refractivity contribution in [2.75, 3.05) is 0 Å². The molecule has 1 heterocycles. The van der Waals surface area contributed by atoms with Crippen LogP contribution in [0.1, 0.15) is 23.2 Å². The largest absolute Gasteiger partial charge is 0.349 e. The van der Waals surface area contributed by atoms with Crippen molar-refractivity contribution in [3.05, 3.63) is 29.3 Å². The first kappa shape index (κ1) is 9.95. The Kier molecular flexibility index (Phi) is 2.34. The molecule has 0 aromatic carbocycles. The Hall–Kier alpha value is -1.59. The van der Waals surface area contributed by atoms with E-state index in [0.29, 0.717) is 6.07 Å². The minimum Gasteiger partial charge on any atom is -0.349 e. The zero-order valence-electron chi connectivity index (χ0n) is 7.56. The molecule has 2 rings (SSSR count). The van der Waals surface area contributed by atoms with E-state index in [9.17, 15) is 18.0 Å². The average Bonchev–Trinajstić information content (AvgIpc) is 2.94. The molecule has 1 aliphatic rings. The lowest BCUT2D eigenvalue weighted by Crippen LogP contribution is -2.27. The van der Waals surface area contributed by atoms with E-state index in [2.05, 4.69) is 10.3 Å². The lowest BCUT2D eigenvalue weighted by atomic mass is 10.2. The third-order valence-electron chi connectivity index (χ3n) is 2.04. The molecule has 80 valence electrons. The molecule has 1 saturated carbocycles. The van der Waals surface area contributed by atoms with Gasteiger partial charge in [0.15, 0.2) is 5.82 Å². The second-order valence-electron chi connectivity index (χ2n) is 3.35. The number of carbonyl (C=O) groups excluding carboxylic acids is 1. The molecule has 0 saturated heterocycles. The lowest BCUT2D eigenvalue weighted by Gasteiger charge is -2.04. The molecule has 0 atom stereocenters. The highest BCUT2D eigenvalue weighted by atomic mass is 19.2. The maximum absolute atomic E-state index is 13.0. The van der Waals surface area contributed by atoms with Crippen molar-refractivity contribution in [2.24, 2.45) is 0 Å². The standard InChI is InChI=1S/C9H7F3N2O/c10-6-3-5(7(11)8(12)14-6)9(15)13-4-1-2-4/h3-4H,1-2H2,(H,13,15). The Balaban J connectivity index is 2.28. The summed E-state index contributed by atoms with van der Waals surface area (Å²) in [7, 11) is 0. The van der Waals surface area contributed by atoms with Gasteiger partial charge in [-0.05, 0) is 12.8 Å². The maximum Gasteiger partial charge on any atom is 0.254 e. The van der Waals surface area contributed by atoms with Crippen molar-refractivity contribution >= 4 is 5.91 Å². The molecule has 3 nitrogen and oxygen atoms in total. The zero-order chi connectivity index (χ0) is 11.0. The van der Waals surface area contributed by atoms with Gasteiger partial charge in [0.2, 0.25) is 5.95 Å². The molecule has 1 amide bonds. The molecular weight excluding hydrogens is 209 g/mol. The first-order valence-electron chi connectivity index (χ1n) is 4.40. The number of rotatable bonds is 2. The minimum atomic E-state index is -1.60. The van der Waals surface area contributed by atoms with Crippen molar-refractivity contribution in [2.45, 2.75) is 18.9 Å². The number of aromatic nitrogens is 1. The van der Waals surface area contributed by atoms with Gasteiger partial charge in [0.1, 0.15) is 0 Å². The van der Waals surface area contributed by atoms with Gasteiger partial charge in [-0.25, -0.2) is 4.39 Å². The third kappa shape index (κ3) is 2.08. The van der Waals surface area contributed by atoms with Gasteiger partial charge in [-0.3, -0.25) is 4.79 Å². The van der Waals surface area contributed by atoms with Gasteiger partial charge < -0.3 is 5.32 Å². The van der Waals surface area contributed by atoms with Crippen LogP contribution in [-0.4, -0.2) is 16.9 Å². The van der Waals surface area contributed by atoms with Crippen LogP contribution in [0.25, 0.3) is 0 Å². The highest BCUT2D eigenvalue weighted by molar-refractivity contribution is 5.94. The monoisotopic (exact) mass is 216 g/mol. The summed E-state index contributed by atoms with van der Waals surface area (Å²) >= 11 is 0. The number of hydrogen-bond donors (Lipinski definition) is 1. The second-order valence-corrected chi connectivity index (χ2v) is 3.35. The van der Waals surface area contributed by atoms with Crippen molar-refractivity contribution in [1.29, 1.82) is 0 Å². The summed E-state index contributed by atoms with van der Waals surface area (Å²) in [6.07, 6.45) is 1.62. The zero-order valence-corrected chi connectivity index (χ0v) is 7.56. The van der Waals surface area contributed by atoms with Crippen molar-refractivity contribution in [1.82, 2.24) is 10.3 Å². The Morgan fingerprint density at radius 1 is 1.40 bits per heavy atom. The summed E-state index contributed by atoms with van der Waals surface area (Å²) in [5.41, 5.74) is -0.646. The Morgan fingerprint density at radius 3 is 2.67 bits per heavy atom. The molecule has 1 aliphatic carbocycles.